The highest BCUT2D eigenvalue weighted by atomic mass is 79.9. The molecule has 0 bridgehead atoms. The third-order valence-corrected chi connectivity index (χ3v) is 4.37. The number of carbonyl (C=O) groups is 1. The lowest BCUT2D eigenvalue weighted by Gasteiger charge is -2.30. The van der Waals surface area contributed by atoms with E-state index < -0.39 is 12.1 Å². The lowest BCUT2D eigenvalue weighted by molar-refractivity contribution is -0.184. The third-order valence-electron chi connectivity index (χ3n) is 3.59. The van der Waals surface area contributed by atoms with E-state index in [1.165, 1.54) is 0 Å². The van der Waals surface area contributed by atoms with Crippen molar-refractivity contribution in [2.75, 3.05) is 5.33 Å². The highest BCUT2D eigenvalue weighted by Gasteiger charge is 2.42. The van der Waals surface area contributed by atoms with Crippen LogP contribution in [-0.2, 0) is 4.79 Å². The van der Waals surface area contributed by atoms with Gasteiger partial charge in [0, 0.05) is 17.3 Å². The molecule has 1 atom stereocenters. The van der Waals surface area contributed by atoms with Crippen LogP contribution in [0.3, 0.4) is 0 Å². The predicted molar refractivity (Wildman–Crippen MR) is 67.5 cm³/mol. The number of nitrogens with one attached hydrogen (secondary N) is 1. The van der Waals surface area contributed by atoms with Crippen LogP contribution in [0.15, 0.2) is 0 Å². The average molecular weight is 330 g/mol. The predicted octanol–water partition coefficient (Wildman–Crippen LogP) is 3.64. The molecule has 18 heavy (non-hydrogen) atoms. The molecule has 0 radical (unpaired) electrons. The molecule has 0 aliphatic heterocycles. The summed E-state index contributed by atoms with van der Waals surface area (Å²) in [5, 5.41) is 3.55. The van der Waals surface area contributed by atoms with Crippen LogP contribution in [0, 0.1) is 11.8 Å². The molecule has 1 rings (SSSR count). The molecule has 6 heteroatoms. The Morgan fingerprint density at radius 3 is 2.28 bits per heavy atom. The Morgan fingerprint density at radius 1 is 1.33 bits per heavy atom. The van der Waals surface area contributed by atoms with Gasteiger partial charge in [-0.3, -0.25) is 4.79 Å². The standard InChI is InChI=1S/C12H19BrF3NO/c1-2-10(7-13)17-11(18)8-3-5-9(6-4-8)12(14,15)16/h8-10H,2-7H2,1H3,(H,17,18). The summed E-state index contributed by atoms with van der Waals surface area (Å²) in [7, 11) is 0. The van der Waals surface area contributed by atoms with Crippen molar-refractivity contribution in [3.63, 3.8) is 0 Å². The van der Waals surface area contributed by atoms with E-state index >= 15 is 0 Å². The monoisotopic (exact) mass is 329 g/mol. The van der Waals surface area contributed by atoms with Crippen LogP contribution in [0.2, 0.25) is 0 Å². The molecule has 0 heterocycles. The number of amides is 1. The minimum absolute atomic E-state index is 0.0674. The van der Waals surface area contributed by atoms with E-state index in [0.717, 1.165) is 6.42 Å². The second-order valence-corrected chi connectivity index (χ2v) is 5.51. The van der Waals surface area contributed by atoms with E-state index in [0.29, 0.717) is 18.2 Å². The molecule has 0 spiro atoms. The molecule has 2 nitrogen and oxygen atoms in total. The van der Waals surface area contributed by atoms with Crippen molar-refractivity contribution in [3.05, 3.63) is 0 Å². The Morgan fingerprint density at radius 2 is 1.89 bits per heavy atom. The SMILES string of the molecule is CCC(CBr)NC(=O)C1CCC(C(F)(F)F)CC1. The first-order chi connectivity index (χ1) is 8.38. The first-order valence-corrected chi connectivity index (χ1v) is 7.43. The van der Waals surface area contributed by atoms with Crippen LogP contribution in [0.5, 0.6) is 0 Å². The zero-order valence-corrected chi connectivity index (χ0v) is 12.0. The van der Waals surface area contributed by atoms with Gasteiger partial charge in [0.2, 0.25) is 5.91 Å². The molecule has 106 valence electrons. The largest absolute Gasteiger partial charge is 0.391 e. The van der Waals surface area contributed by atoms with E-state index in [9.17, 15) is 18.0 Å². The molecule has 1 aliphatic carbocycles. The highest BCUT2D eigenvalue weighted by molar-refractivity contribution is 9.09. The van der Waals surface area contributed by atoms with Crippen molar-refractivity contribution in [3.8, 4) is 0 Å². The number of halogens is 4. The van der Waals surface area contributed by atoms with E-state index in [2.05, 4.69) is 21.2 Å². The molecule has 1 amide bonds. The summed E-state index contributed by atoms with van der Waals surface area (Å²) >= 11 is 3.30. The van der Waals surface area contributed by atoms with Crippen LogP contribution >= 0.6 is 15.9 Å². The summed E-state index contributed by atoms with van der Waals surface area (Å²) in [6.45, 7) is 1.97. The molecular formula is C12H19BrF3NO. The molecule has 0 aromatic heterocycles. The second kappa shape index (κ2) is 6.78. The number of carbonyl (C=O) groups excluding carboxylic acids is 1. The molecule has 1 fully saturated rings. The zero-order chi connectivity index (χ0) is 13.8. The lowest BCUT2D eigenvalue weighted by Crippen LogP contribution is -2.41. The fraction of sp³-hybridized carbons (Fsp3) is 0.917. The Bertz CT molecular complexity index is 271. The lowest BCUT2D eigenvalue weighted by atomic mass is 9.81. The maximum absolute atomic E-state index is 12.5. The van der Waals surface area contributed by atoms with Gasteiger partial charge in [-0.05, 0) is 32.1 Å². The van der Waals surface area contributed by atoms with Gasteiger partial charge >= 0.3 is 6.18 Å². The van der Waals surface area contributed by atoms with E-state index in [-0.39, 0.29) is 30.7 Å². The number of hydrogen-bond donors (Lipinski definition) is 1. The minimum atomic E-state index is -4.11. The topological polar surface area (TPSA) is 29.1 Å². The maximum atomic E-state index is 12.5. The highest BCUT2D eigenvalue weighted by Crippen LogP contribution is 2.39. The van der Waals surface area contributed by atoms with E-state index in [4.69, 9.17) is 0 Å². The van der Waals surface area contributed by atoms with Gasteiger partial charge < -0.3 is 5.32 Å². The summed E-state index contributed by atoms with van der Waals surface area (Å²) in [5.74, 6) is -1.57. The molecule has 0 aromatic carbocycles. The minimum Gasteiger partial charge on any atom is -0.352 e. The maximum Gasteiger partial charge on any atom is 0.391 e. The van der Waals surface area contributed by atoms with Crippen molar-refractivity contribution < 1.29 is 18.0 Å². The van der Waals surface area contributed by atoms with Gasteiger partial charge in [-0.15, -0.1) is 0 Å². The molecule has 1 aliphatic rings. The van der Waals surface area contributed by atoms with Crippen molar-refractivity contribution in [2.45, 2.75) is 51.2 Å². The summed E-state index contributed by atoms with van der Waals surface area (Å²) in [5.41, 5.74) is 0. The number of hydrogen-bond acceptors (Lipinski definition) is 1. The molecule has 1 saturated carbocycles. The van der Waals surface area contributed by atoms with Crippen molar-refractivity contribution >= 4 is 21.8 Å². The number of rotatable bonds is 4. The van der Waals surface area contributed by atoms with Gasteiger partial charge in [-0.25, -0.2) is 0 Å². The first kappa shape index (κ1) is 15.8. The van der Waals surface area contributed by atoms with Crippen molar-refractivity contribution in [2.24, 2.45) is 11.8 Å². The quantitative estimate of drug-likeness (QED) is 0.784. The zero-order valence-electron chi connectivity index (χ0n) is 10.4. The smallest absolute Gasteiger partial charge is 0.352 e. The fourth-order valence-electron chi connectivity index (χ4n) is 2.25. The van der Waals surface area contributed by atoms with Crippen LogP contribution in [0.1, 0.15) is 39.0 Å². The van der Waals surface area contributed by atoms with Crippen LogP contribution in [0.4, 0.5) is 13.2 Å². The van der Waals surface area contributed by atoms with Gasteiger partial charge in [0.25, 0.3) is 0 Å². The average Bonchev–Trinajstić information content (AvgIpc) is 2.34. The normalized spacial score (nSPS) is 26.7. The van der Waals surface area contributed by atoms with Gasteiger partial charge in [0.05, 0.1) is 5.92 Å². The molecule has 0 aromatic rings. The van der Waals surface area contributed by atoms with Gasteiger partial charge in [0.15, 0.2) is 0 Å². The van der Waals surface area contributed by atoms with E-state index in [1.54, 1.807) is 0 Å². The van der Waals surface area contributed by atoms with Crippen LogP contribution in [0.25, 0.3) is 0 Å². The van der Waals surface area contributed by atoms with Crippen molar-refractivity contribution in [1.82, 2.24) is 5.32 Å². The number of alkyl halides is 4. The van der Waals surface area contributed by atoms with Gasteiger partial charge in [-0.2, -0.15) is 13.2 Å². The third kappa shape index (κ3) is 4.44. The summed E-state index contributed by atoms with van der Waals surface area (Å²) in [6, 6.07) is 0.0674. The van der Waals surface area contributed by atoms with Crippen molar-refractivity contribution in [1.29, 1.82) is 0 Å². The molecular weight excluding hydrogens is 311 g/mol. The second-order valence-electron chi connectivity index (χ2n) is 4.86. The van der Waals surface area contributed by atoms with Crippen LogP contribution < -0.4 is 5.32 Å². The molecule has 1 N–H and O–H groups in total. The Kier molecular flexibility index (Phi) is 5.95. The summed E-state index contributed by atoms with van der Waals surface area (Å²) < 4.78 is 37.4. The molecule has 0 saturated heterocycles. The molecule has 1 unspecified atom stereocenters. The fourth-order valence-corrected chi connectivity index (χ4v) is 2.87. The van der Waals surface area contributed by atoms with Crippen LogP contribution in [-0.4, -0.2) is 23.5 Å². The first-order valence-electron chi connectivity index (χ1n) is 6.31. The Balaban J connectivity index is 2.41. The van der Waals surface area contributed by atoms with Gasteiger partial charge in [0.1, 0.15) is 0 Å². The Labute approximate surface area is 114 Å². The Hall–Kier alpha value is -0.260. The summed E-state index contributed by atoms with van der Waals surface area (Å²) in [4.78, 5) is 11.9. The van der Waals surface area contributed by atoms with Gasteiger partial charge in [-0.1, -0.05) is 22.9 Å². The van der Waals surface area contributed by atoms with E-state index in [1.807, 2.05) is 6.92 Å². The summed E-state index contributed by atoms with van der Waals surface area (Å²) in [6.07, 6.45) is -2.46.